The maximum absolute atomic E-state index is 11.8. The maximum Gasteiger partial charge on any atom is 0.352 e. The Morgan fingerprint density at radius 1 is 1.07 bits per heavy atom. The summed E-state index contributed by atoms with van der Waals surface area (Å²) in [5.41, 5.74) is 3.98. The fourth-order valence-electron chi connectivity index (χ4n) is 3.42. The van der Waals surface area contributed by atoms with Crippen molar-refractivity contribution in [1.29, 1.82) is 0 Å². The van der Waals surface area contributed by atoms with Crippen LogP contribution >= 0.6 is 0 Å². The number of pyridine rings is 1. The van der Waals surface area contributed by atoms with Crippen LogP contribution in [0.4, 0.5) is 0 Å². The Kier molecular flexibility index (Phi) is 4.81. The van der Waals surface area contributed by atoms with Crippen LogP contribution in [0.2, 0.25) is 0 Å². The molecule has 0 aliphatic heterocycles. The standard InChI is InChI=1S/C23H20N2O3/c1-16-11-20(28-15-17-7-3-2-4-8-17)12-18-13-21(23(26)27)25(22(16)18)14-19-9-5-6-10-24-19/h2-13H,14-15H2,1H3,(H,26,27). The lowest BCUT2D eigenvalue weighted by molar-refractivity contribution is 0.0686. The molecule has 0 unspecified atom stereocenters. The number of fused-ring (bicyclic) bond motifs is 1. The van der Waals surface area contributed by atoms with E-state index in [1.807, 2.05) is 67.6 Å². The molecule has 4 aromatic rings. The summed E-state index contributed by atoms with van der Waals surface area (Å²) in [7, 11) is 0. The van der Waals surface area contributed by atoms with Gasteiger partial charge in [-0.15, -0.1) is 0 Å². The van der Waals surface area contributed by atoms with E-state index in [0.29, 0.717) is 13.2 Å². The van der Waals surface area contributed by atoms with Crippen molar-refractivity contribution in [3.8, 4) is 5.75 Å². The molecule has 0 aliphatic rings. The van der Waals surface area contributed by atoms with Gasteiger partial charge in [0.2, 0.25) is 0 Å². The van der Waals surface area contributed by atoms with E-state index in [2.05, 4.69) is 4.98 Å². The third-order valence-electron chi connectivity index (χ3n) is 4.67. The summed E-state index contributed by atoms with van der Waals surface area (Å²) in [5.74, 6) is -0.237. The molecular formula is C23H20N2O3. The fourth-order valence-corrected chi connectivity index (χ4v) is 3.42. The van der Waals surface area contributed by atoms with Gasteiger partial charge in [0.05, 0.1) is 17.8 Å². The van der Waals surface area contributed by atoms with Crippen molar-refractivity contribution in [2.24, 2.45) is 0 Å². The van der Waals surface area contributed by atoms with Gasteiger partial charge in [0.1, 0.15) is 18.1 Å². The first-order valence-electron chi connectivity index (χ1n) is 9.05. The molecule has 0 amide bonds. The summed E-state index contributed by atoms with van der Waals surface area (Å²) in [5, 5.41) is 10.5. The fraction of sp³-hybridized carbons (Fsp3) is 0.130. The first kappa shape index (κ1) is 17.8. The van der Waals surface area contributed by atoms with Gasteiger partial charge in [-0.2, -0.15) is 0 Å². The SMILES string of the molecule is Cc1cc(OCc2ccccc2)cc2cc(C(=O)O)n(Cc3ccccn3)c12. The van der Waals surface area contributed by atoms with E-state index in [1.165, 1.54) is 0 Å². The van der Waals surface area contributed by atoms with Crippen LogP contribution in [0.3, 0.4) is 0 Å². The number of nitrogens with zero attached hydrogens (tertiary/aromatic N) is 2. The molecule has 140 valence electrons. The predicted molar refractivity (Wildman–Crippen MR) is 108 cm³/mol. The van der Waals surface area contributed by atoms with Crippen LogP contribution in [0.1, 0.15) is 27.3 Å². The monoisotopic (exact) mass is 372 g/mol. The lowest BCUT2D eigenvalue weighted by Crippen LogP contribution is -2.10. The predicted octanol–water partition coefficient (Wildman–Crippen LogP) is 4.67. The number of benzene rings is 2. The average Bonchev–Trinajstić information content (AvgIpc) is 3.07. The molecule has 0 aliphatic carbocycles. The van der Waals surface area contributed by atoms with Crippen LogP contribution in [0, 0.1) is 6.92 Å². The third-order valence-corrected chi connectivity index (χ3v) is 4.67. The number of aromatic nitrogens is 2. The molecule has 0 saturated carbocycles. The number of hydrogen-bond acceptors (Lipinski definition) is 3. The molecule has 0 atom stereocenters. The van der Waals surface area contributed by atoms with Crippen molar-refractivity contribution in [3.63, 3.8) is 0 Å². The van der Waals surface area contributed by atoms with E-state index in [9.17, 15) is 9.90 Å². The summed E-state index contributed by atoms with van der Waals surface area (Å²) < 4.78 is 7.74. The van der Waals surface area contributed by atoms with E-state index in [1.54, 1.807) is 16.8 Å². The van der Waals surface area contributed by atoms with Crippen LogP contribution in [0.15, 0.2) is 72.9 Å². The van der Waals surface area contributed by atoms with Gasteiger partial charge >= 0.3 is 5.97 Å². The smallest absolute Gasteiger partial charge is 0.352 e. The minimum Gasteiger partial charge on any atom is -0.489 e. The summed E-state index contributed by atoms with van der Waals surface area (Å²) in [6.07, 6.45) is 1.71. The summed E-state index contributed by atoms with van der Waals surface area (Å²) in [4.78, 5) is 16.1. The molecule has 28 heavy (non-hydrogen) atoms. The van der Waals surface area contributed by atoms with Crippen molar-refractivity contribution < 1.29 is 14.6 Å². The topological polar surface area (TPSA) is 64.3 Å². The summed E-state index contributed by atoms with van der Waals surface area (Å²) in [6, 6.07) is 21.1. The zero-order valence-electron chi connectivity index (χ0n) is 15.5. The minimum absolute atomic E-state index is 0.240. The van der Waals surface area contributed by atoms with Crippen molar-refractivity contribution in [2.45, 2.75) is 20.1 Å². The van der Waals surface area contributed by atoms with E-state index in [0.717, 1.165) is 33.5 Å². The maximum atomic E-state index is 11.8. The Labute approximate surface area is 162 Å². The number of aromatic carboxylic acids is 1. The second-order valence-electron chi connectivity index (χ2n) is 6.69. The number of aryl methyl sites for hydroxylation is 1. The van der Waals surface area contributed by atoms with Gasteiger partial charge in [-0.05, 0) is 48.4 Å². The van der Waals surface area contributed by atoms with Crippen molar-refractivity contribution >= 4 is 16.9 Å². The van der Waals surface area contributed by atoms with E-state index >= 15 is 0 Å². The molecule has 2 aromatic carbocycles. The Morgan fingerprint density at radius 2 is 1.86 bits per heavy atom. The Hall–Kier alpha value is -3.60. The molecule has 2 heterocycles. The van der Waals surface area contributed by atoms with Gasteiger partial charge in [-0.1, -0.05) is 36.4 Å². The first-order chi connectivity index (χ1) is 13.6. The average molecular weight is 372 g/mol. The van der Waals surface area contributed by atoms with Crippen LogP contribution in [-0.4, -0.2) is 20.6 Å². The largest absolute Gasteiger partial charge is 0.489 e. The highest BCUT2D eigenvalue weighted by atomic mass is 16.5. The third kappa shape index (κ3) is 3.60. The molecule has 2 aromatic heterocycles. The normalized spacial score (nSPS) is 10.9. The summed E-state index contributed by atoms with van der Waals surface area (Å²) >= 11 is 0. The van der Waals surface area contributed by atoms with E-state index in [-0.39, 0.29) is 5.69 Å². The molecule has 1 N–H and O–H groups in total. The second kappa shape index (κ2) is 7.56. The summed E-state index contributed by atoms with van der Waals surface area (Å²) in [6.45, 7) is 2.83. The Bertz CT molecular complexity index is 1120. The first-order valence-corrected chi connectivity index (χ1v) is 9.05. The number of hydrogen-bond donors (Lipinski definition) is 1. The van der Waals surface area contributed by atoms with E-state index in [4.69, 9.17) is 4.74 Å². The molecule has 0 spiro atoms. The highest BCUT2D eigenvalue weighted by Crippen LogP contribution is 2.29. The highest BCUT2D eigenvalue weighted by molar-refractivity contribution is 5.96. The van der Waals surface area contributed by atoms with Crippen molar-refractivity contribution in [2.75, 3.05) is 0 Å². The van der Waals surface area contributed by atoms with Crippen LogP contribution in [0.5, 0.6) is 5.75 Å². The number of carboxylic acids is 1. The van der Waals surface area contributed by atoms with Crippen molar-refractivity contribution in [3.05, 3.63) is 95.4 Å². The molecule has 5 nitrogen and oxygen atoms in total. The Balaban J connectivity index is 1.71. The minimum atomic E-state index is -0.960. The van der Waals surface area contributed by atoms with Crippen LogP contribution < -0.4 is 4.74 Å². The van der Waals surface area contributed by atoms with Gasteiger partial charge in [0.15, 0.2) is 0 Å². The van der Waals surface area contributed by atoms with Crippen LogP contribution in [-0.2, 0) is 13.2 Å². The quantitative estimate of drug-likeness (QED) is 0.534. The van der Waals surface area contributed by atoms with Crippen molar-refractivity contribution in [1.82, 2.24) is 9.55 Å². The molecule has 0 fully saturated rings. The van der Waals surface area contributed by atoms with Gasteiger partial charge in [-0.25, -0.2) is 4.79 Å². The molecule has 0 saturated heterocycles. The van der Waals surface area contributed by atoms with Gasteiger partial charge < -0.3 is 14.4 Å². The molecule has 5 heteroatoms. The molecular weight excluding hydrogens is 352 g/mol. The van der Waals surface area contributed by atoms with Gasteiger partial charge in [0.25, 0.3) is 0 Å². The number of rotatable bonds is 6. The zero-order chi connectivity index (χ0) is 19.5. The lowest BCUT2D eigenvalue weighted by atomic mass is 10.1. The number of carboxylic acid groups (broad SMARTS) is 1. The lowest BCUT2D eigenvalue weighted by Gasteiger charge is -2.12. The molecule has 4 rings (SSSR count). The number of carbonyl (C=O) groups is 1. The van der Waals surface area contributed by atoms with Gasteiger partial charge in [-0.3, -0.25) is 4.98 Å². The zero-order valence-corrected chi connectivity index (χ0v) is 15.5. The molecule has 0 radical (unpaired) electrons. The van der Waals surface area contributed by atoms with Crippen LogP contribution in [0.25, 0.3) is 10.9 Å². The Morgan fingerprint density at radius 3 is 2.57 bits per heavy atom. The van der Waals surface area contributed by atoms with Gasteiger partial charge in [0, 0.05) is 11.6 Å². The number of ether oxygens (including phenoxy) is 1. The van der Waals surface area contributed by atoms with E-state index < -0.39 is 5.97 Å². The molecule has 0 bridgehead atoms. The second-order valence-corrected chi connectivity index (χ2v) is 6.69. The highest BCUT2D eigenvalue weighted by Gasteiger charge is 2.18.